The number of phenols is 2. The van der Waals surface area contributed by atoms with Crippen LogP contribution in [0.15, 0.2) is 84.9 Å². The van der Waals surface area contributed by atoms with Gasteiger partial charge in [-0.1, -0.05) is 74.5 Å². The standard InChI is InChI=1S/C29H30N2O2/c1-29(2,23-7-13-27(21(15-23)17-30)19-3-9-25(32)10-4-19)24-8-14-28(22(16-24)18-31)20-5-11-26(33)12-6-20/h3-16,32-33H,17-18,30-31H2,1-2H3. The van der Waals surface area contributed by atoms with Crippen LogP contribution in [0, 0.1) is 0 Å². The Morgan fingerprint density at radius 1 is 0.576 bits per heavy atom. The Labute approximate surface area is 195 Å². The van der Waals surface area contributed by atoms with Gasteiger partial charge in [-0.05, 0) is 68.8 Å². The van der Waals surface area contributed by atoms with Gasteiger partial charge in [0.1, 0.15) is 11.5 Å². The second-order valence-corrected chi connectivity index (χ2v) is 8.87. The van der Waals surface area contributed by atoms with Crippen LogP contribution in [0.5, 0.6) is 11.5 Å². The Kier molecular flexibility index (Phi) is 6.23. The molecule has 0 aromatic heterocycles. The highest BCUT2D eigenvalue weighted by atomic mass is 16.3. The predicted octanol–water partition coefficient (Wildman–Crippen LogP) is 5.68. The SMILES string of the molecule is CC(C)(c1ccc(-c2ccc(O)cc2)c(CN)c1)c1ccc(-c2ccc(O)cc2)c(CN)c1. The van der Waals surface area contributed by atoms with E-state index in [9.17, 15) is 10.2 Å². The monoisotopic (exact) mass is 438 g/mol. The van der Waals surface area contributed by atoms with Crippen LogP contribution in [-0.4, -0.2) is 10.2 Å². The second kappa shape index (κ2) is 9.10. The van der Waals surface area contributed by atoms with Crippen LogP contribution in [0.2, 0.25) is 0 Å². The molecule has 0 aliphatic rings. The van der Waals surface area contributed by atoms with Crippen LogP contribution >= 0.6 is 0 Å². The van der Waals surface area contributed by atoms with Crippen molar-refractivity contribution in [3.63, 3.8) is 0 Å². The van der Waals surface area contributed by atoms with Gasteiger partial charge in [-0.3, -0.25) is 0 Å². The molecular weight excluding hydrogens is 408 g/mol. The molecule has 168 valence electrons. The van der Waals surface area contributed by atoms with Crippen molar-refractivity contribution in [3.8, 4) is 33.8 Å². The maximum atomic E-state index is 9.61. The van der Waals surface area contributed by atoms with E-state index in [0.29, 0.717) is 13.1 Å². The highest BCUT2D eigenvalue weighted by Crippen LogP contribution is 2.37. The minimum absolute atomic E-state index is 0.247. The normalized spacial score (nSPS) is 11.5. The van der Waals surface area contributed by atoms with E-state index in [1.54, 1.807) is 24.3 Å². The summed E-state index contributed by atoms with van der Waals surface area (Å²) >= 11 is 0. The lowest BCUT2D eigenvalue weighted by Crippen LogP contribution is -2.20. The van der Waals surface area contributed by atoms with Crippen molar-refractivity contribution in [1.82, 2.24) is 0 Å². The van der Waals surface area contributed by atoms with Crippen molar-refractivity contribution in [2.45, 2.75) is 32.4 Å². The summed E-state index contributed by atoms with van der Waals surface area (Å²) in [6, 6.07) is 27.3. The maximum Gasteiger partial charge on any atom is 0.115 e. The van der Waals surface area contributed by atoms with Crippen LogP contribution in [0.1, 0.15) is 36.1 Å². The number of benzene rings is 4. The largest absolute Gasteiger partial charge is 0.508 e. The van der Waals surface area contributed by atoms with Crippen LogP contribution in [-0.2, 0) is 18.5 Å². The number of aromatic hydroxyl groups is 2. The minimum atomic E-state index is -0.255. The van der Waals surface area contributed by atoms with Crippen LogP contribution in [0.25, 0.3) is 22.3 Å². The zero-order valence-corrected chi connectivity index (χ0v) is 19.0. The quantitative estimate of drug-likeness (QED) is 0.312. The van der Waals surface area contributed by atoms with Crippen LogP contribution < -0.4 is 11.5 Å². The topological polar surface area (TPSA) is 92.5 Å². The summed E-state index contributed by atoms with van der Waals surface area (Å²) in [5.41, 5.74) is 20.7. The van der Waals surface area contributed by atoms with Crippen LogP contribution in [0.3, 0.4) is 0 Å². The fourth-order valence-corrected chi connectivity index (χ4v) is 4.31. The summed E-state index contributed by atoms with van der Waals surface area (Å²) in [5, 5.41) is 19.2. The van der Waals surface area contributed by atoms with Crippen molar-refractivity contribution in [2.75, 3.05) is 0 Å². The molecule has 4 heteroatoms. The van der Waals surface area contributed by atoms with Crippen molar-refractivity contribution >= 4 is 0 Å². The molecule has 0 bridgehead atoms. The van der Waals surface area contributed by atoms with Gasteiger partial charge in [-0.15, -0.1) is 0 Å². The predicted molar refractivity (Wildman–Crippen MR) is 135 cm³/mol. The van der Waals surface area contributed by atoms with Gasteiger partial charge in [0.05, 0.1) is 0 Å². The number of hydrogen-bond acceptors (Lipinski definition) is 4. The molecule has 0 radical (unpaired) electrons. The molecule has 6 N–H and O–H groups in total. The molecule has 0 saturated heterocycles. The lowest BCUT2D eigenvalue weighted by Gasteiger charge is -2.28. The summed E-state index contributed by atoms with van der Waals surface area (Å²) in [6.07, 6.45) is 0. The summed E-state index contributed by atoms with van der Waals surface area (Å²) in [5.74, 6) is 0.495. The van der Waals surface area contributed by atoms with E-state index in [4.69, 9.17) is 11.5 Å². The molecule has 4 rings (SSSR count). The maximum absolute atomic E-state index is 9.61. The molecule has 0 heterocycles. The lowest BCUT2D eigenvalue weighted by molar-refractivity contribution is 0.475. The first-order chi connectivity index (χ1) is 15.8. The van der Waals surface area contributed by atoms with Gasteiger partial charge in [-0.2, -0.15) is 0 Å². The molecule has 0 fully saturated rings. The molecular formula is C29H30N2O2. The first kappa shape index (κ1) is 22.6. The van der Waals surface area contributed by atoms with Gasteiger partial charge in [-0.25, -0.2) is 0 Å². The Morgan fingerprint density at radius 2 is 0.939 bits per heavy atom. The summed E-state index contributed by atoms with van der Waals surface area (Å²) in [6.45, 7) is 5.26. The van der Waals surface area contributed by atoms with Gasteiger partial charge in [0.2, 0.25) is 0 Å². The lowest BCUT2D eigenvalue weighted by atomic mass is 9.76. The zero-order chi connectivity index (χ0) is 23.6. The molecule has 0 unspecified atom stereocenters. The van der Waals surface area contributed by atoms with Gasteiger partial charge >= 0.3 is 0 Å². The molecule has 0 amide bonds. The average molecular weight is 439 g/mol. The van der Waals surface area contributed by atoms with E-state index in [2.05, 4.69) is 50.2 Å². The molecule has 0 atom stereocenters. The summed E-state index contributed by atoms with van der Waals surface area (Å²) in [7, 11) is 0. The third-order valence-corrected chi connectivity index (χ3v) is 6.45. The minimum Gasteiger partial charge on any atom is -0.508 e. The third kappa shape index (κ3) is 4.49. The fourth-order valence-electron chi connectivity index (χ4n) is 4.31. The van der Waals surface area contributed by atoms with E-state index in [-0.39, 0.29) is 16.9 Å². The number of phenolic OH excluding ortho intramolecular Hbond substituents is 2. The molecule has 0 aliphatic carbocycles. The molecule has 4 nitrogen and oxygen atoms in total. The van der Waals surface area contributed by atoms with E-state index in [1.165, 1.54) is 11.1 Å². The molecule has 0 aliphatic heterocycles. The van der Waals surface area contributed by atoms with Crippen molar-refractivity contribution < 1.29 is 10.2 Å². The Bertz CT molecular complexity index is 1160. The number of nitrogens with two attached hydrogens (primary N) is 2. The van der Waals surface area contributed by atoms with E-state index < -0.39 is 0 Å². The van der Waals surface area contributed by atoms with Gasteiger partial charge in [0, 0.05) is 18.5 Å². The first-order valence-electron chi connectivity index (χ1n) is 11.1. The molecule has 4 aromatic rings. The summed E-state index contributed by atoms with van der Waals surface area (Å²) < 4.78 is 0. The molecule has 4 aromatic carbocycles. The van der Waals surface area contributed by atoms with Crippen LogP contribution in [0.4, 0.5) is 0 Å². The van der Waals surface area contributed by atoms with E-state index >= 15 is 0 Å². The van der Waals surface area contributed by atoms with Gasteiger partial charge < -0.3 is 21.7 Å². The van der Waals surface area contributed by atoms with E-state index in [1.807, 2.05) is 24.3 Å². The Hall–Kier alpha value is -3.60. The summed E-state index contributed by atoms with van der Waals surface area (Å²) in [4.78, 5) is 0. The highest BCUT2D eigenvalue weighted by molar-refractivity contribution is 5.70. The average Bonchev–Trinajstić information content (AvgIpc) is 2.84. The van der Waals surface area contributed by atoms with Crippen molar-refractivity contribution in [1.29, 1.82) is 0 Å². The number of hydrogen-bond donors (Lipinski definition) is 4. The Balaban J connectivity index is 1.73. The molecule has 0 saturated carbocycles. The van der Waals surface area contributed by atoms with Gasteiger partial charge in [0.25, 0.3) is 0 Å². The molecule has 0 spiro atoms. The van der Waals surface area contributed by atoms with E-state index in [0.717, 1.165) is 33.4 Å². The van der Waals surface area contributed by atoms with Gasteiger partial charge in [0.15, 0.2) is 0 Å². The number of rotatable bonds is 6. The van der Waals surface area contributed by atoms with Crippen molar-refractivity contribution in [3.05, 3.63) is 107 Å². The second-order valence-electron chi connectivity index (χ2n) is 8.87. The smallest absolute Gasteiger partial charge is 0.115 e. The third-order valence-electron chi connectivity index (χ3n) is 6.45. The first-order valence-corrected chi connectivity index (χ1v) is 11.1. The molecule has 33 heavy (non-hydrogen) atoms. The Morgan fingerprint density at radius 3 is 1.27 bits per heavy atom. The zero-order valence-electron chi connectivity index (χ0n) is 19.0. The fraction of sp³-hybridized carbons (Fsp3) is 0.172. The van der Waals surface area contributed by atoms with Crippen molar-refractivity contribution in [2.24, 2.45) is 11.5 Å². The highest BCUT2D eigenvalue weighted by Gasteiger charge is 2.25.